The summed E-state index contributed by atoms with van der Waals surface area (Å²) in [6, 6.07) is 16.5. The van der Waals surface area contributed by atoms with E-state index < -0.39 is 17.7 Å². The third-order valence-electron chi connectivity index (χ3n) is 4.86. The fourth-order valence-corrected chi connectivity index (χ4v) is 3.52. The van der Waals surface area contributed by atoms with Gasteiger partial charge < -0.3 is 14.4 Å². The largest absolute Gasteiger partial charge is 0.507 e. The predicted octanol–water partition coefficient (Wildman–Crippen LogP) is 4.01. The number of ether oxygens (including phenoxy) is 1. The van der Waals surface area contributed by atoms with Gasteiger partial charge in [0.1, 0.15) is 17.3 Å². The molecule has 0 unspecified atom stereocenters. The van der Waals surface area contributed by atoms with Gasteiger partial charge in [-0.05, 0) is 43.7 Å². The first kappa shape index (κ1) is 19.4. The number of ketones is 1. The second-order valence-corrected chi connectivity index (χ2v) is 6.83. The van der Waals surface area contributed by atoms with Crippen molar-refractivity contribution in [2.45, 2.75) is 19.9 Å². The Bertz CT molecular complexity index is 1120. The topological polar surface area (TPSA) is 92.9 Å². The summed E-state index contributed by atoms with van der Waals surface area (Å²) in [6.45, 7) is 4.09. The number of hydrogen-bond donors (Lipinski definition) is 1. The Labute approximate surface area is 173 Å². The van der Waals surface area contributed by atoms with Crippen LogP contribution in [0.3, 0.4) is 0 Å². The first-order valence-electron chi connectivity index (χ1n) is 9.53. The summed E-state index contributed by atoms with van der Waals surface area (Å²) in [5, 5.41) is 14.9. The number of hydrogen-bond acceptors (Lipinski definition) is 6. The summed E-state index contributed by atoms with van der Waals surface area (Å²) in [4.78, 5) is 27.1. The summed E-state index contributed by atoms with van der Waals surface area (Å²) in [6.07, 6.45) is 0. The summed E-state index contributed by atoms with van der Waals surface area (Å²) in [5.74, 6) is -0.444. The second-order valence-electron chi connectivity index (χ2n) is 6.83. The number of Topliss-reactive ketones (excluding diaryl/α,β-unsaturated/α-hetero) is 1. The minimum absolute atomic E-state index is 0.00369. The molecule has 7 nitrogen and oxygen atoms in total. The van der Waals surface area contributed by atoms with Crippen molar-refractivity contribution >= 4 is 23.3 Å². The summed E-state index contributed by atoms with van der Waals surface area (Å²) in [7, 11) is 0. The van der Waals surface area contributed by atoms with E-state index in [4.69, 9.17) is 9.26 Å². The van der Waals surface area contributed by atoms with Crippen molar-refractivity contribution in [3.05, 3.63) is 83.1 Å². The van der Waals surface area contributed by atoms with Crippen LogP contribution in [0.2, 0.25) is 0 Å². The van der Waals surface area contributed by atoms with E-state index in [1.54, 1.807) is 61.5 Å². The molecule has 1 aliphatic heterocycles. The number of aromatic nitrogens is 1. The van der Waals surface area contributed by atoms with Crippen molar-refractivity contribution < 1.29 is 24.0 Å². The normalized spacial score (nSPS) is 18.1. The van der Waals surface area contributed by atoms with Crippen LogP contribution in [-0.4, -0.2) is 28.6 Å². The first-order valence-corrected chi connectivity index (χ1v) is 9.53. The van der Waals surface area contributed by atoms with Crippen LogP contribution in [-0.2, 0) is 9.59 Å². The molecule has 1 amide bonds. The van der Waals surface area contributed by atoms with Crippen LogP contribution in [0.15, 0.2) is 70.8 Å². The molecule has 0 saturated carbocycles. The van der Waals surface area contributed by atoms with Gasteiger partial charge in [0, 0.05) is 11.6 Å². The van der Waals surface area contributed by atoms with Gasteiger partial charge in [0.05, 0.1) is 18.2 Å². The number of rotatable bonds is 5. The fourth-order valence-electron chi connectivity index (χ4n) is 3.52. The van der Waals surface area contributed by atoms with Gasteiger partial charge in [-0.2, -0.15) is 0 Å². The van der Waals surface area contributed by atoms with Crippen molar-refractivity contribution in [2.24, 2.45) is 0 Å². The van der Waals surface area contributed by atoms with Gasteiger partial charge in [-0.25, -0.2) is 0 Å². The van der Waals surface area contributed by atoms with Crippen LogP contribution < -0.4 is 9.64 Å². The Balaban J connectivity index is 1.87. The molecule has 2 aromatic carbocycles. The maximum atomic E-state index is 13.0. The molecule has 1 atom stereocenters. The minimum atomic E-state index is -0.831. The molecule has 0 bridgehead atoms. The molecule has 3 aromatic rings. The number of nitrogens with zero attached hydrogens (tertiary/aromatic N) is 2. The van der Waals surface area contributed by atoms with Crippen LogP contribution in [0.5, 0.6) is 5.75 Å². The zero-order valence-corrected chi connectivity index (χ0v) is 16.5. The average molecular weight is 404 g/mol. The van der Waals surface area contributed by atoms with Gasteiger partial charge in [0.2, 0.25) is 0 Å². The Kier molecular flexibility index (Phi) is 5.10. The van der Waals surface area contributed by atoms with Crippen molar-refractivity contribution in [1.82, 2.24) is 5.16 Å². The lowest BCUT2D eigenvalue weighted by Crippen LogP contribution is -2.29. The molecule has 30 heavy (non-hydrogen) atoms. The summed E-state index contributed by atoms with van der Waals surface area (Å²) < 4.78 is 10.5. The molecule has 1 aromatic heterocycles. The lowest BCUT2D eigenvalue weighted by molar-refractivity contribution is -0.132. The molecule has 0 aliphatic carbocycles. The molecule has 0 spiro atoms. The van der Waals surface area contributed by atoms with E-state index in [1.807, 2.05) is 13.0 Å². The SMILES string of the molecule is CCOc1ccc(/C(O)=C2\C(=O)C(=O)N(c3cc(C)on3)[C@@H]2c2ccccc2)cc1. The summed E-state index contributed by atoms with van der Waals surface area (Å²) >= 11 is 0. The van der Waals surface area contributed by atoms with E-state index in [0.29, 0.717) is 29.2 Å². The van der Waals surface area contributed by atoms with Crippen LogP contribution in [0, 0.1) is 6.92 Å². The Morgan fingerprint density at radius 1 is 1.13 bits per heavy atom. The number of carbonyl (C=O) groups is 2. The second kappa shape index (κ2) is 7.87. The lowest BCUT2D eigenvalue weighted by atomic mass is 9.95. The quantitative estimate of drug-likeness (QED) is 0.392. The van der Waals surface area contributed by atoms with Crippen LogP contribution in [0.1, 0.15) is 29.9 Å². The highest BCUT2D eigenvalue weighted by Crippen LogP contribution is 2.41. The van der Waals surface area contributed by atoms with Crippen LogP contribution >= 0.6 is 0 Å². The van der Waals surface area contributed by atoms with Gasteiger partial charge in [-0.15, -0.1) is 0 Å². The van der Waals surface area contributed by atoms with E-state index in [1.165, 1.54) is 4.90 Å². The monoisotopic (exact) mass is 404 g/mol. The van der Waals surface area contributed by atoms with Crippen molar-refractivity contribution in [1.29, 1.82) is 0 Å². The van der Waals surface area contributed by atoms with Crippen LogP contribution in [0.4, 0.5) is 5.82 Å². The Morgan fingerprint density at radius 3 is 2.43 bits per heavy atom. The predicted molar refractivity (Wildman–Crippen MR) is 110 cm³/mol. The van der Waals surface area contributed by atoms with Gasteiger partial charge in [0.15, 0.2) is 5.82 Å². The number of aryl methyl sites for hydroxylation is 1. The zero-order valence-electron chi connectivity index (χ0n) is 16.5. The number of benzene rings is 2. The van der Waals surface area contributed by atoms with Crippen molar-refractivity contribution in [3.63, 3.8) is 0 Å². The molecule has 0 radical (unpaired) electrons. The lowest BCUT2D eigenvalue weighted by Gasteiger charge is -2.22. The number of aliphatic hydroxyl groups excluding tert-OH is 1. The molecule has 1 N–H and O–H groups in total. The summed E-state index contributed by atoms with van der Waals surface area (Å²) in [5.41, 5.74) is 1.08. The van der Waals surface area contributed by atoms with Crippen LogP contribution in [0.25, 0.3) is 5.76 Å². The van der Waals surface area contributed by atoms with Gasteiger partial charge >= 0.3 is 5.91 Å². The minimum Gasteiger partial charge on any atom is -0.507 e. The molecule has 1 fully saturated rings. The molecular formula is C23H20N2O5. The number of carbonyl (C=O) groups excluding carboxylic acids is 2. The molecule has 1 aliphatic rings. The number of anilines is 1. The van der Waals surface area contributed by atoms with Gasteiger partial charge in [0.25, 0.3) is 5.78 Å². The van der Waals surface area contributed by atoms with Crippen molar-refractivity contribution in [2.75, 3.05) is 11.5 Å². The zero-order chi connectivity index (χ0) is 21.3. The fraction of sp³-hybridized carbons (Fsp3) is 0.174. The maximum Gasteiger partial charge on any atom is 0.301 e. The molecule has 2 heterocycles. The Hall–Kier alpha value is -3.87. The highest BCUT2D eigenvalue weighted by molar-refractivity contribution is 6.51. The van der Waals surface area contributed by atoms with Gasteiger partial charge in [-0.3, -0.25) is 14.5 Å². The van der Waals surface area contributed by atoms with E-state index in [9.17, 15) is 14.7 Å². The van der Waals surface area contributed by atoms with E-state index in [-0.39, 0.29) is 17.2 Å². The molecule has 7 heteroatoms. The van der Waals surface area contributed by atoms with E-state index >= 15 is 0 Å². The van der Waals surface area contributed by atoms with Crippen molar-refractivity contribution in [3.8, 4) is 5.75 Å². The smallest absolute Gasteiger partial charge is 0.301 e. The third-order valence-corrected chi connectivity index (χ3v) is 4.86. The molecular weight excluding hydrogens is 384 g/mol. The van der Waals surface area contributed by atoms with Gasteiger partial charge in [-0.1, -0.05) is 35.5 Å². The number of amides is 1. The number of aliphatic hydroxyl groups is 1. The Morgan fingerprint density at radius 2 is 1.83 bits per heavy atom. The first-order chi connectivity index (χ1) is 14.5. The average Bonchev–Trinajstić information content (AvgIpc) is 3.30. The molecule has 1 saturated heterocycles. The highest BCUT2D eigenvalue weighted by atomic mass is 16.5. The molecule has 4 rings (SSSR count). The van der Waals surface area contributed by atoms with E-state index in [0.717, 1.165) is 0 Å². The standard InChI is InChI=1S/C23H20N2O5/c1-3-29-17-11-9-16(10-12-17)21(26)19-20(15-7-5-4-6-8-15)25(23(28)22(19)27)18-13-14(2)30-24-18/h4-13,20,26H,3H2,1-2H3/b21-19+/t20-/m1/s1. The maximum absolute atomic E-state index is 13.0. The highest BCUT2D eigenvalue weighted by Gasteiger charge is 2.48. The molecule has 152 valence electrons. The third kappa shape index (κ3) is 3.34. The van der Waals surface area contributed by atoms with E-state index in [2.05, 4.69) is 5.16 Å².